The first kappa shape index (κ1) is 13.0. The van der Waals surface area contributed by atoms with Gasteiger partial charge in [-0.3, -0.25) is 0 Å². The van der Waals surface area contributed by atoms with E-state index in [1.807, 2.05) is 24.3 Å². The Balaban J connectivity index is 2.19. The van der Waals surface area contributed by atoms with Crippen LogP contribution in [0.4, 0.5) is 0 Å². The third kappa shape index (κ3) is 2.69. The van der Waals surface area contributed by atoms with Gasteiger partial charge in [-0.15, -0.1) is 0 Å². The molecule has 0 atom stereocenters. The van der Waals surface area contributed by atoms with Gasteiger partial charge in [-0.2, -0.15) is 4.99 Å². The zero-order chi connectivity index (χ0) is 13.2. The fourth-order valence-corrected chi connectivity index (χ4v) is 2.50. The van der Waals surface area contributed by atoms with Crippen LogP contribution in [0.3, 0.4) is 0 Å². The van der Waals surface area contributed by atoms with Gasteiger partial charge in [0.1, 0.15) is 0 Å². The lowest BCUT2D eigenvalue weighted by molar-refractivity contribution is 0.0810. The third-order valence-electron chi connectivity index (χ3n) is 3.57. The molecule has 1 saturated carbocycles. The van der Waals surface area contributed by atoms with Crippen molar-refractivity contribution in [2.45, 2.75) is 50.7 Å². The molecule has 1 aromatic rings. The molecule has 0 saturated heterocycles. The monoisotopic (exact) mass is 245 g/mol. The average molecular weight is 245 g/mol. The molecule has 0 aromatic heterocycles. The Morgan fingerprint density at radius 1 is 1.33 bits per heavy atom. The summed E-state index contributed by atoms with van der Waals surface area (Å²) in [5, 5.41) is 9.77. The molecule has 1 aliphatic carbocycles. The normalized spacial score (nSPS) is 17.7. The van der Waals surface area contributed by atoms with Crippen LogP contribution in [0.15, 0.2) is 29.3 Å². The summed E-state index contributed by atoms with van der Waals surface area (Å²) in [6, 6.07) is 8.05. The number of aliphatic hydroxyl groups is 1. The zero-order valence-electron chi connectivity index (χ0n) is 10.9. The highest BCUT2D eigenvalue weighted by atomic mass is 16.3. The molecule has 96 valence electrons. The Bertz CT molecular complexity index is 460. The number of nitrogens with zero attached hydrogens (tertiary/aromatic N) is 1. The van der Waals surface area contributed by atoms with E-state index in [4.69, 9.17) is 0 Å². The minimum atomic E-state index is -0.698. The maximum absolute atomic E-state index is 10.5. The van der Waals surface area contributed by atoms with E-state index >= 15 is 0 Å². The van der Waals surface area contributed by atoms with E-state index in [0.29, 0.717) is 6.42 Å². The highest BCUT2D eigenvalue weighted by molar-refractivity contribution is 5.40. The largest absolute Gasteiger partial charge is 0.390 e. The van der Waals surface area contributed by atoms with Gasteiger partial charge >= 0.3 is 0 Å². The summed E-state index contributed by atoms with van der Waals surface area (Å²) in [5.74, 6) is 0. The van der Waals surface area contributed by atoms with Crippen molar-refractivity contribution in [3.05, 3.63) is 35.4 Å². The first-order valence-corrected chi connectivity index (χ1v) is 6.36. The summed E-state index contributed by atoms with van der Waals surface area (Å²) in [5.41, 5.74) is 1.15. The van der Waals surface area contributed by atoms with E-state index in [2.05, 4.69) is 4.99 Å². The summed E-state index contributed by atoms with van der Waals surface area (Å²) in [6.45, 7) is 3.59. The van der Waals surface area contributed by atoms with Crippen LogP contribution in [0, 0.1) is 0 Å². The van der Waals surface area contributed by atoms with E-state index in [1.165, 1.54) is 0 Å². The van der Waals surface area contributed by atoms with Gasteiger partial charge in [0, 0.05) is 6.42 Å². The van der Waals surface area contributed by atoms with Crippen molar-refractivity contribution in [2.24, 2.45) is 4.99 Å². The van der Waals surface area contributed by atoms with Crippen molar-refractivity contribution >= 4 is 6.08 Å². The molecule has 0 amide bonds. The Labute approximate surface area is 108 Å². The Morgan fingerprint density at radius 2 is 1.94 bits per heavy atom. The molecule has 2 rings (SSSR count). The molecule has 1 aromatic carbocycles. The summed E-state index contributed by atoms with van der Waals surface area (Å²) >= 11 is 0. The van der Waals surface area contributed by atoms with E-state index in [9.17, 15) is 9.90 Å². The van der Waals surface area contributed by atoms with Crippen molar-refractivity contribution in [1.82, 2.24) is 0 Å². The van der Waals surface area contributed by atoms with Gasteiger partial charge in [-0.05, 0) is 44.2 Å². The Kier molecular flexibility index (Phi) is 3.38. The number of benzene rings is 1. The number of hydrogen-bond acceptors (Lipinski definition) is 3. The Hall–Kier alpha value is -1.44. The summed E-state index contributed by atoms with van der Waals surface area (Å²) in [7, 11) is 0. The molecular weight excluding hydrogens is 226 g/mol. The maximum Gasteiger partial charge on any atom is 0.235 e. The molecule has 0 bridgehead atoms. The fourth-order valence-electron chi connectivity index (χ4n) is 2.50. The van der Waals surface area contributed by atoms with Gasteiger partial charge in [-0.25, -0.2) is 4.79 Å². The predicted octanol–water partition coefficient (Wildman–Crippen LogP) is 2.72. The zero-order valence-corrected chi connectivity index (χ0v) is 10.9. The minimum Gasteiger partial charge on any atom is -0.390 e. The van der Waals surface area contributed by atoms with Gasteiger partial charge in [0.2, 0.25) is 6.08 Å². The first-order valence-electron chi connectivity index (χ1n) is 6.36. The van der Waals surface area contributed by atoms with E-state index in [1.54, 1.807) is 19.9 Å². The lowest BCUT2D eigenvalue weighted by Crippen LogP contribution is -2.31. The quantitative estimate of drug-likeness (QED) is 0.655. The standard InChI is InChI=1S/C15H19NO2/c1-14(2,18)10-12-4-6-13(7-5-12)15(16-11-17)8-3-9-15/h4-7,18H,3,8-10H2,1-2H3. The second-order valence-electron chi connectivity index (χ2n) is 5.77. The van der Waals surface area contributed by atoms with Crippen LogP contribution in [0.25, 0.3) is 0 Å². The number of rotatable bonds is 4. The van der Waals surface area contributed by atoms with Crippen LogP contribution in [-0.2, 0) is 16.8 Å². The molecule has 1 N–H and O–H groups in total. The van der Waals surface area contributed by atoms with Crippen molar-refractivity contribution in [1.29, 1.82) is 0 Å². The molecular formula is C15H19NO2. The maximum atomic E-state index is 10.5. The second-order valence-corrected chi connectivity index (χ2v) is 5.77. The molecule has 1 fully saturated rings. The molecule has 0 aliphatic heterocycles. The number of carbonyl (C=O) groups excluding carboxylic acids is 1. The molecule has 0 heterocycles. The minimum absolute atomic E-state index is 0.324. The topological polar surface area (TPSA) is 49.7 Å². The molecule has 0 radical (unpaired) electrons. The molecule has 18 heavy (non-hydrogen) atoms. The van der Waals surface area contributed by atoms with Crippen LogP contribution in [0.1, 0.15) is 44.2 Å². The summed E-state index contributed by atoms with van der Waals surface area (Å²) in [4.78, 5) is 14.5. The van der Waals surface area contributed by atoms with Crippen LogP contribution in [0.2, 0.25) is 0 Å². The van der Waals surface area contributed by atoms with Crippen LogP contribution < -0.4 is 0 Å². The van der Waals surface area contributed by atoms with Gasteiger partial charge in [0.15, 0.2) is 0 Å². The molecule has 1 aliphatic rings. The van der Waals surface area contributed by atoms with Crippen molar-refractivity contribution in [3.8, 4) is 0 Å². The SMILES string of the molecule is CC(C)(O)Cc1ccc(C2(N=C=O)CCC2)cc1. The fraction of sp³-hybridized carbons (Fsp3) is 0.533. The highest BCUT2D eigenvalue weighted by Crippen LogP contribution is 2.44. The molecule has 3 heteroatoms. The first-order chi connectivity index (χ1) is 8.45. The number of hydrogen-bond donors (Lipinski definition) is 1. The van der Waals surface area contributed by atoms with Crippen molar-refractivity contribution in [3.63, 3.8) is 0 Å². The number of aliphatic imine (C=N–C) groups is 1. The van der Waals surface area contributed by atoms with Crippen molar-refractivity contribution < 1.29 is 9.90 Å². The average Bonchev–Trinajstić information content (AvgIpc) is 2.23. The summed E-state index contributed by atoms with van der Waals surface area (Å²) < 4.78 is 0. The third-order valence-corrected chi connectivity index (χ3v) is 3.57. The predicted molar refractivity (Wildman–Crippen MR) is 70.1 cm³/mol. The van der Waals surface area contributed by atoms with E-state index in [-0.39, 0.29) is 5.54 Å². The van der Waals surface area contributed by atoms with Crippen LogP contribution in [-0.4, -0.2) is 16.8 Å². The lowest BCUT2D eigenvalue weighted by atomic mass is 9.72. The highest BCUT2D eigenvalue weighted by Gasteiger charge is 2.38. The summed E-state index contributed by atoms with van der Waals surface area (Å²) in [6.07, 6.45) is 5.27. The van der Waals surface area contributed by atoms with E-state index < -0.39 is 5.60 Å². The molecule has 0 spiro atoms. The number of isocyanates is 1. The Morgan fingerprint density at radius 3 is 2.33 bits per heavy atom. The smallest absolute Gasteiger partial charge is 0.235 e. The molecule has 3 nitrogen and oxygen atoms in total. The van der Waals surface area contributed by atoms with Gasteiger partial charge < -0.3 is 5.11 Å². The van der Waals surface area contributed by atoms with Crippen LogP contribution >= 0.6 is 0 Å². The van der Waals surface area contributed by atoms with E-state index in [0.717, 1.165) is 30.4 Å². The van der Waals surface area contributed by atoms with Gasteiger partial charge in [-0.1, -0.05) is 24.3 Å². The van der Waals surface area contributed by atoms with Gasteiger partial charge in [0.05, 0.1) is 11.1 Å². The second kappa shape index (κ2) is 4.68. The van der Waals surface area contributed by atoms with Crippen LogP contribution in [0.5, 0.6) is 0 Å². The van der Waals surface area contributed by atoms with Gasteiger partial charge in [0.25, 0.3) is 0 Å². The van der Waals surface area contributed by atoms with Crippen molar-refractivity contribution in [2.75, 3.05) is 0 Å². The molecule has 0 unspecified atom stereocenters. The lowest BCUT2D eigenvalue weighted by Gasteiger charge is -2.37.